The fourth-order valence-electron chi connectivity index (χ4n) is 3.95. The van der Waals surface area contributed by atoms with Crippen molar-refractivity contribution in [3.05, 3.63) is 88.9 Å². The molecule has 0 bridgehead atoms. The fraction of sp³-hybridized carbons (Fsp3) is 0.269. The van der Waals surface area contributed by atoms with Crippen molar-refractivity contribution < 1.29 is 31.1 Å². The van der Waals surface area contributed by atoms with Gasteiger partial charge in [-0.1, -0.05) is 41.9 Å². The van der Waals surface area contributed by atoms with E-state index < -0.39 is 39.2 Å². The third-order valence-electron chi connectivity index (χ3n) is 5.96. The lowest BCUT2D eigenvalue weighted by Gasteiger charge is -2.29. The van der Waals surface area contributed by atoms with Crippen LogP contribution in [-0.4, -0.2) is 47.2 Å². The topological polar surface area (TPSA) is 79.0 Å². The van der Waals surface area contributed by atoms with Crippen LogP contribution in [0.5, 0.6) is 0 Å². The average Bonchev–Trinajstić information content (AvgIpc) is 2.91. The minimum absolute atomic E-state index is 0.107. The monoisotopic (exact) mass is 567 g/mol. The first-order valence-corrected chi connectivity index (χ1v) is 13.5. The van der Waals surface area contributed by atoms with Gasteiger partial charge in [0.2, 0.25) is 5.91 Å². The Morgan fingerprint density at radius 1 is 1.00 bits per heavy atom. The Bertz CT molecular complexity index is 1360. The molecule has 0 radical (unpaired) electrons. The van der Waals surface area contributed by atoms with Gasteiger partial charge in [0.25, 0.3) is 10.0 Å². The van der Waals surface area contributed by atoms with E-state index in [0.29, 0.717) is 23.6 Å². The Hall–Kier alpha value is -3.28. The Balaban J connectivity index is 1.53. The zero-order valence-electron chi connectivity index (χ0n) is 20.1. The number of morpholine rings is 1. The van der Waals surface area contributed by atoms with Crippen LogP contribution >= 0.6 is 11.6 Å². The van der Waals surface area contributed by atoms with E-state index in [-0.39, 0.29) is 17.1 Å². The molecule has 12 heteroatoms. The molecule has 0 unspecified atom stereocenters. The molecule has 0 saturated carbocycles. The highest BCUT2D eigenvalue weighted by Gasteiger charge is 2.35. The molecule has 4 rings (SSSR count). The first kappa shape index (κ1) is 27.7. The standard InChI is InChI=1S/C26H25ClF3N3O4S/c27-24-11-10-21(16-23(24)26(28,29)30)33(38(35,36)22-4-2-1-3-5-22)18-25(34)31-17-19-6-8-20(9-7-19)32-12-14-37-15-13-32/h1-11,16H,12-15,17-18H2,(H,31,34). The number of benzene rings is 3. The minimum atomic E-state index is -4.81. The molecule has 3 aromatic carbocycles. The highest BCUT2D eigenvalue weighted by molar-refractivity contribution is 7.92. The fourth-order valence-corrected chi connectivity index (χ4v) is 5.61. The zero-order chi connectivity index (χ0) is 27.3. The van der Waals surface area contributed by atoms with Gasteiger partial charge in [-0.15, -0.1) is 0 Å². The number of amides is 1. The largest absolute Gasteiger partial charge is 0.417 e. The van der Waals surface area contributed by atoms with Crippen LogP contribution in [0.4, 0.5) is 24.5 Å². The highest BCUT2D eigenvalue weighted by atomic mass is 35.5. The van der Waals surface area contributed by atoms with E-state index in [1.54, 1.807) is 6.07 Å². The smallest absolute Gasteiger partial charge is 0.378 e. The lowest BCUT2D eigenvalue weighted by molar-refractivity contribution is -0.137. The number of nitrogens with zero attached hydrogens (tertiary/aromatic N) is 2. The molecule has 1 aliphatic rings. The van der Waals surface area contributed by atoms with Crippen LogP contribution in [0.3, 0.4) is 0 Å². The van der Waals surface area contributed by atoms with E-state index in [2.05, 4.69) is 10.2 Å². The SMILES string of the molecule is O=C(CN(c1ccc(Cl)c(C(F)(F)F)c1)S(=O)(=O)c1ccccc1)NCc1ccc(N2CCOCC2)cc1. The average molecular weight is 568 g/mol. The van der Waals surface area contributed by atoms with Crippen LogP contribution in [0.15, 0.2) is 77.7 Å². The molecule has 202 valence electrons. The predicted molar refractivity (Wildman–Crippen MR) is 139 cm³/mol. The summed E-state index contributed by atoms with van der Waals surface area (Å²) in [5.74, 6) is -0.690. The molecular formula is C26H25ClF3N3O4S. The third-order valence-corrected chi connectivity index (χ3v) is 8.08. The Morgan fingerprint density at radius 2 is 1.66 bits per heavy atom. The molecule has 0 aliphatic carbocycles. The molecule has 1 heterocycles. The van der Waals surface area contributed by atoms with Crippen molar-refractivity contribution in [1.29, 1.82) is 0 Å². The van der Waals surface area contributed by atoms with E-state index >= 15 is 0 Å². The number of carbonyl (C=O) groups excluding carboxylic acids is 1. The molecular weight excluding hydrogens is 543 g/mol. The maximum absolute atomic E-state index is 13.5. The predicted octanol–water partition coefficient (Wildman–Crippen LogP) is 4.71. The first-order valence-electron chi connectivity index (χ1n) is 11.7. The highest BCUT2D eigenvalue weighted by Crippen LogP contribution is 2.38. The van der Waals surface area contributed by atoms with Gasteiger partial charge in [-0.05, 0) is 48.0 Å². The Kier molecular flexibility index (Phi) is 8.49. The van der Waals surface area contributed by atoms with E-state index in [4.69, 9.17) is 16.3 Å². The van der Waals surface area contributed by atoms with Gasteiger partial charge in [0, 0.05) is 25.3 Å². The zero-order valence-corrected chi connectivity index (χ0v) is 21.7. The number of carbonyl (C=O) groups is 1. The molecule has 1 amide bonds. The van der Waals surface area contributed by atoms with Gasteiger partial charge in [0.15, 0.2) is 0 Å². The van der Waals surface area contributed by atoms with Gasteiger partial charge >= 0.3 is 6.18 Å². The summed E-state index contributed by atoms with van der Waals surface area (Å²) >= 11 is 5.72. The van der Waals surface area contributed by atoms with Crippen LogP contribution < -0.4 is 14.5 Å². The number of alkyl halides is 3. The summed E-state index contributed by atoms with van der Waals surface area (Å²) < 4.78 is 73.3. The summed E-state index contributed by atoms with van der Waals surface area (Å²) in [5.41, 5.74) is 0.256. The van der Waals surface area contributed by atoms with Crippen molar-refractivity contribution in [3.63, 3.8) is 0 Å². The molecule has 7 nitrogen and oxygen atoms in total. The van der Waals surface area contributed by atoms with E-state index in [9.17, 15) is 26.4 Å². The number of anilines is 2. The third kappa shape index (κ3) is 6.58. The number of nitrogens with one attached hydrogen (secondary N) is 1. The molecule has 1 fully saturated rings. The van der Waals surface area contributed by atoms with Crippen LogP contribution in [0.1, 0.15) is 11.1 Å². The molecule has 0 atom stereocenters. The van der Waals surface area contributed by atoms with Crippen LogP contribution in [0, 0.1) is 0 Å². The first-order chi connectivity index (χ1) is 18.1. The maximum Gasteiger partial charge on any atom is 0.417 e. The van der Waals surface area contributed by atoms with Gasteiger partial charge in [-0.25, -0.2) is 8.42 Å². The van der Waals surface area contributed by atoms with E-state index in [1.807, 2.05) is 24.3 Å². The molecule has 1 N–H and O–H groups in total. The summed E-state index contributed by atoms with van der Waals surface area (Å²) in [4.78, 5) is 14.9. The minimum Gasteiger partial charge on any atom is -0.378 e. The van der Waals surface area contributed by atoms with Gasteiger partial charge < -0.3 is 15.0 Å². The molecule has 0 spiro atoms. The lowest BCUT2D eigenvalue weighted by Crippen LogP contribution is -2.40. The molecule has 1 saturated heterocycles. The summed E-state index contributed by atoms with van der Waals surface area (Å²) in [7, 11) is -4.38. The molecule has 0 aromatic heterocycles. The van der Waals surface area contributed by atoms with Crippen molar-refractivity contribution in [3.8, 4) is 0 Å². The van der Waals surface area contributed by atoms with Gasteiger partial charge in [-0.3, -0.25) is 9.10 Å². The second kappa shape index (κ2) is 11.6. The van der Waals surface area contributed by atoms with Crippen molar-refractivity contribution in [1.82, 2.24) is 5.32 Å². The van der Waals surface area contributed by atoms with Crippen LogP contribution in [-0.2, 0) is 32.3 Å². The van der Waals surface area contributed by atoms with Crippen LogP contribution in [0.25, 0.3) is 0 Å². The normalized spacial score (nSPS) is 14.3. The second-order valence-electron chi connectivity index (χ2n) is 8.53. The van der Waals surface area contributed by atoms with E-state index in [1.165, 1.54) is 24.3 Å². The van der Waals surface area contributed by atoms with Crippen molar-refractivity contribution >= 4 is 38.9 Å². The number of halogens is 4. The van der Waals surface area contributed by atoms with Gasteiger partial charge in [0.05, 0.1) is 34.4 Å². The number of sulfonamides is 1. The van der Waals surface area contributed by atoms with Crippen LogP contribution in [0.2, 0.25) is 5.02 Å². The number of ether oxygens (including phenoxy) is 1. The lowest BCUT2D eigenvalue weighted by atomic mass is 10.2. The second-order valence-corrected chi connectivity index (χ2v) is 10.8. The van der Waals surface area contributed by atoms with Gasteiger partial charge in [-0.2, -0.15) is 13.2 Å². The van der Waals surface area contributed by atoms with Crippen molar-refractivity contribution in [2.24, 2.45) is 0 Å². The maximum atomic E-state index is 13.5. The summed E-state index contributed by atoms with van der Waals surface area (Å²) in [6.07, 6.45) is -4.81. The van der Waals surface area contributed by atoms with E-state index in [0.717, 1.165) is 36.5 Å². The summed E-state index contributed by atoms with van der Waals surface area (Å²) in [6, 6.07) is 17.4. The molecule has 3 aromatic rings. The van der Waals surface area contributed by atoms with Crippen molar-refractivity contribution in [2.45, 2.75) is 17.6 Å². The summed E-state index contributed by atoms with van der Waals surface area (Å²) in [5, 5.41) is 2.07. The number of rotatable bonds is 8. The van der Waals surface area contributed by atoms with Crippen molar-refractivity contribution in [2.75, 3.05) is 42.1 Å². The number of hydrogen-bond acceptors (Lipinski definition) is 5. The summed E-state index contributed by atoms with van der Waals surface area (Å²) in [6.45, 7) is 2.24. The van der Waals surface area contributed by atoms with Gasteiger partial charge in [0.1, 0.15) is 6.54 Å². The quantitative estimate of drug-likeness (QED) is 0.427. The number of hydrogen-bond donors (Lipinski definition) is 1. The Morgan fingerprint density at radius 3 is 2.29 bits per heavy atom. The Labute approximate surface area is 223 Å². The molecule has 38 heavy (non-hydrogen) atoms. The molecule has 1 aliphatic heterocycles.